The molecule has 1 saturated heterocycles. The molecular formula is C16H21F3N6. The van der Waals surface area contributed by atoms with Gasteiger partial charge in [0.05, 0.1) is 6.54 Å². The van der Waals surface area contributed by atoms with Gasteiger partial charge in [-0.3, -0.25) is 9.88 Å². The standard InChI is InChI=1S/C16H21F3N6/c1-23(2)13-5-8-24(9-13)10-14-21-15(12-3-6-20-7-4-12)22-25(14)11-16(17,18)19/h3-4,6-7,13H,5,8-11H2,1-2H3/t13-/m1/s1. The molecule has 2 aromatic heterocycles. The van der Waals surface area contributed by atoms with E-state index in [2.05, 4.69) is 24.9 Å². The zero-order chi connectivity index (χ0) is 18.0. The molecule has 0 spiro atoms. The van der Waals surface area contributed by atoms with Gasteiger partial charge in [-0.05, 0) is 32.6 Å². The molecule has 3 heterocycles. The van der Waals surface area contributed by atoms with Crippen LogP contribution in [-0.4, -0.2) is 69.0 Å². The fourth-order valence-electron chi connectivity index (χ4n) is 2.99. The second-order valence-corrected chi connectivity index (χ2v) is 6.50. The summed E-state index contributed by atoms with van der Waals surface area (Å²) in [4.78, 5) is 12.5. The number of alkyl halides is 3. The van der Waals surface area contributed by atoms with Gasteiger partial charge in [-0.15, -0.1) is 0 Å². The third-order valence-corrected chi connectivity index (χ3v) is 4.36. The Morgan fingerprint density at radius 1 is 1.24 bits per heavy atom. The Morgan fingerprint density at radius 3 is 2.56 bits per heavy atom. The lowest BCUT2D eigenvalue weighted by atomic mass is 10.2. The Kier molecular flexibility index (Phi) is 5.05. The van der Waals surface area contributed by atoms with Crippen molar-refractivity contribution in [3.8, 4) is 11.4 Å². The predicted molar refractivity (Wildman–Crippen MR) is 86.7 cm³/mol. The summed E-state index contributed by atoms with van der Waals surface area (Å²) >= 11 is 0. The zero-order valence-electron chi connectivity index (χ0n) is 14.2. The monoisotopic (exact) mass is 354 g/mol. The van der Waals surface area contributed by atoms with E-state index in [-0.39, 0.29) is 0 Å². The summed E-state index contributed by atoms with van der Waals surface area (Å²) in [5.74, 6) is 0.633. The topological polar surface area (TPSA) is 50.1 Å². The van der Waals surface area contributed by atoms with Crippen LogP contribution in [0.1, 0.15) is 12.2 Å². The number of hydrogen-bond acceptors (Lipinski definition) is 5. The fourth-order valence-corrected chi connectivity index (χ4v) is 2.99. The van der Waals surface area contributed by atoms with Crippen molar-refractivity contribution >= 4 is 0 Å². The van der Waals surface area contributed by atoms with Crippen LogP contribution >= 0.6 is 0 Å². The van der Waals surface area contributed by atoms with Gasteiger partial charge >= 0.3 is 6.18 Å². The minimum atomic E-state index is -4.34. The van der Waals surface area contributed by atoms with E-state index < -0.39 is 12.7 Å². The van der Waals surface area contributed by atoms with Crippen LogP contribution in [0.5, 0.6) is 0 Å². The first-order valence-electron chi connectivity index (χ1n) is 8.11. The third kappa shape index (κ3) is 4.55. The molecule has 0 radical (unpaired) electrons. The van der Waals surface area contributed by atoms with Crippen LogP contribution in [0.3, 0.4) is 0 Å². The molecule has 9 heteroatoms. The maximum absolute atomic E-state index is 12.9. The van der Waals surface area contributed by atoms with Crippen molar-refractivity contribution in [1.29, 1.82) is 0 Å². The Morgan fingerprint density at radius 2 is 1.96 bits per heavy atom. The smallest absolute Gasteiger partial charge is 0.305 e. The predicted octanol–water partition coefficient (Wildman–Crippen LogP) is 2.04. The number of likely N-dealkylation sites (N-methyl/N-ethyl adjacent to an activating group) is 1. The molecule has 0 N–H and O–H groups in total. The second-order valence-electron chi connectivity index (χ2n) is 6.50. The number of aromatic nitrogens is 4. The first-order valence-corrected chi connectivity index (χ1v) is 8.11. The van der Waals surface area contributed by atoms with E-state index in [0.29, 0.717) is 29.8 Å². The maximum Gasteiger partial charge on any atom is 0.408 e. The molecular weight excluding hydrogens is 333 g/mol. The van der Waals surface area contributed by atoms with E-state index in [0.717, 1.165) is 24.2 Å². The summed E-state index contributed by atoms with van der Waals surface area (Å²) in [7, 11) is 4.03. The van der Waals surface area contributed by atoms with E-state index in [4.69, 9.17) is 0 Å². The summed E-state index contributed by atoms with van der Waals surface area (Å²) in [5.41, 5.74) is 0.657. The molecule has 3 rings (SSSR count). The highest BCUT2D eigenvalue weighted by molar-refractivity contribution is 5.53. The molecule has 1 aliphatic heterocycles. The van der Waals surface area contributed by atoms with Crippen molar-refractivity contribution in [2.24, 2.45) is 0 Å². The second kappa shape index (κ2) is 7.09. The molecule has 0 amide bonds. The lowest BCUT2D eigenvalue weighted by molar-refractivity contribution is -0.143. The van der Waals surface area contributed by atoms with E-state index in [9.17, 15) is 13.2 Å². The number of nitrogens with zero attached hydrogens (tertiary/aromatic N) is 6. The van der Waals surface area contributed by atoms with Crippen LogP contribution in [0.15, 0.2) is 24.5 Å². The third-order valence-electron chi connectivity index (χ3n) is 4.36. The number of hydrogen-bond donors (Lipinski definition) is 0. The highest BCUT2D eigenvalue weighted by atomic mass is 19.4. The van der Waals surface area contributed by atoms with Gasteiger partial charge < -0.3 is 4.90 Å². The molecule has 0 unspecified atom stereocenters. The highest BCUT2D eigenvalue weighted by Gasteiger charge is 2.32. The van der Waals surface area contributed by atoms with E-state index in [1.165, 1.54) is 0 Å². The van der Waals surface area contributed by atoms with Crippen molar-refractivity contribution in [2.75, 3.05) is 27.2 Å². The van der Waals surface area contributed by atoms with Gasteiger partial charge in [-0.2, -0.15) is 18.3 Å². The number of likely N-dealkylation sites (tertiary alicyclic amines) is 1. The van der Waals surface area contributed by atoms with Gasteiger partial charge in [-0.25, -0.2) is 9.67 Å². The van der Waals surface area contributed by atoms with Crippen LogP contribution in [0.2, 0.25) is 0 Å². The Bertz CT molecular complexity index is 698. The Balaban J connectivity index is 1.82. The summed E-state index contributed by atoms with van der Waals surface area (Å²) in [6.07, 6.45) is -0.198. The first-order chi connectivity index (χ1) is 11.8. The largest absolute Gasteiger partial charge is 0.408 e. The van der Waals surface area contributed by atoms with Gasteiger partial charge in [0.1, 0.15) is 12.4 Å². The summed E-state index contributed by atoms with van der Waals surface area (Å²) < 4.78 is 39.7. The van der Waals surface area contributed by atoms with Gasteiger partial charge in [-0.1, -0.05) is 0 Å². The molecule has 1 fully saturated rings. The average molecular weight is 354 g/mol. The minimum absolute atomic E-state index is 0.296. The molecule has 1 atom stereocenters. The Hall–Kier alpha value is -2.00. The maximum atomic E-state index is 12.9. The van der Waals surface area contributed by atoms with Crippen molar-refractivity contribution in [2.45, 2.75) is 31.7 Å². The molecule has 0 saturated carbocycles. The van der Waals surface area contributed by atoms with Crippen LogP contribution in [-0.2, 0) is 13.1 Å². The van der Waals surface area contributed by atoms with E-state index in [1.807, 2.05) is 14.1 Å². The van der Waals surface area contributed by atoms with Crippen LogP contribution in [0.4, 0.5) is 13.2 Å². The molecule has 0 aromatic carbocycles. The zero-order valence-corrected chi connectivity index (χ0v) is 14.2. The van der Waals surface area contributed by atoms with Gasteiger partial charge in [0, 0.05) is 37.1 Å². The molecule has 0 bridgehead atoms. The molecule has 2 aromatic rings. The molecule has 1 aliphatic rings. The van der Waals surface area contributed by atoms with Crippen LogP contribution in [0.25, 0.3) is 11.4 Å². The highest BCUT2D eigenvalue weighted by Crippen LogP contribution is 2.22. The average Bonchev–Trinajstić information content (AvgIpc) is 3.15. The van der Waals surface area contributed by atoms with E-state index >= 15 is 0 Å². The van der Waals surface area contributed by atoms with E-state index in [1.54, 1.807) is 24.5 Å². The molecule has 0 aliphatic carbocycles. The van der Waals surface area contributed by atoms with Gasteiger partial charge in [0.2, 0.25) is 0 Å². The lowest BCUT2D eigenvalue weighted by Crippen LogP contribution is -2.32. The normalized spacial score (nSPS) is 19.0. The summed E-state index contributed by atoms with van der Waals surface area (Å²) in [6, 6.07) is 3.79. The SMILES string of the molecule is CN(C)[C@@H]1CCN(Cc2nc(-c3ccncc3)nn2CC(F)(F)F)C1. The van der Waals surface area contributed by atoms with Crippen LogP contribution in [0, 0.1) is 0 Å². The summed E-state index contributed by atoms with van der Waals surface area (Å²) in [5, 5.41) is 4.08. The number of halogens is 3. The minimum Gasteiger partial charge on any atom is -0.305 e. The van der Waals surface area contributed by atoms with Crippen LogP contribution < -0.4 is 0 Å². The van der Waals surface area contributed by atoms with Crippen molar-refractivity contribution in [3.63, 3.8) is 0 Å². The number of pyridine rings is 1. The Labute approximate surface area is 144 Å². The molecule has 25 heavy (non-hydrogen) atoms. The van der Waals surface area contributed by atoms with Crippen molar-refractivity contribution in [1.82, 2.24) is 29.5 Å². The summed E-state index contributed by atoms with van der Waals surface area (Å²) in [6.45, 7) is 0.882. The lowest BCUT2D eigenvalue weighted by Gasteiger charge is -2.20. The number of rotatable bonds is 5. The fraction of sp³-hybridized carbons (Fsp3) is 0.562. The van der Waals surface area contributed by atoms with Gasteiger partial charge in [0.15, 0.2) is 5.82 Å². The molecule has 136 valence electrons. The van der Waals surface area contributed by atoms with Crippen molar-refractivity contribution in [3.05, 3.63) is 30.4 Å². The quantitative estimate of drug-likeness (QED) is 0.822. The van der Waals surface area contributed by atoms with Crippen molar-refractivity contribution < 1.29 is 13.2 Å². The van der Waals surface area contributed by atoms with Gasteiger partial charge in [0.25, 0.3) is 0 Å². The molecule has 6 nitrogen and oxygen atoms in total. The first kappa shape index (κ1) is 17.8.